The van der Waals surface area contributed by atoms with Gasteiger partial charge < -0.3 is 23.8 Å². The fraction of sp³-hybridized carbons (Fsp3) is 0.233. The lowest BCUT2D eigenvalue weighted by molar-refractivity contribution is -0.117. The zero-order chi connectivity index (χ0) is 29.4. The number of ether oxygens (including phenoxy) is 4. The van der Waals surface area contributed by atoms with Gasteiger partial charge in [-0.05, 0) is 30.3 Å². The van der Waals surface area contributed by atoms with Gasteiger partial charge in [-0.25, -0.2) is 4.98 Å². The minimum atomic E-state index is -0.443. The van der Waals surface area contributed by atoms with Crippen molar-refractivity contribution in [3.05, 3.63) is 83.5 Å². The lowest BCUT2D eigenvalue weighted by atomic mass is 10.2. The maximum atomic E-state index is 13.4. The number of hydrogen-bond acceptors (Lipinski definition) is 7. The second kappa shape index (κ2) is 13.7. The molecule has 214 valence electrons. The van der Waals surface area contributed by atoms with Gasteiger partial charge in [0, 0.05) is 54.2 Å². The van der Waals surface area contributed by atoms with Crippen LogP contribution in [0.2, 0.25) is 5.02 Å². The number of methoxy groups -OCH3 is 4. The maximum absolute atomic E-state index is 13.4. The Morgan fingerprint density at radius 3 is 2.22 bits per heavy atom. The van der Waals surface area contributed by atoms with Gasteiger partial charge in [-0.2, -0.15) is 0 Å². The topological polar surface area (TPSA) is 104 Å². The molecule has 0 spiro atoms. The highest BCUT2D eigenvalue weighted by atomic mass is 35.5. The van der Waals surface area contributed by atoms with Crippen LogP contribution in [0.3, 0.4) is 0 Å². The first-order valence-electron chi connectivity index (χ1n) is 12.7. The Morgan fingerprint density at radius 2 is 1.59 bits per heavy atom. The first-order chi connectivity index (χ1) is 19.8. The Labute approximate surface area is 243 Å². The van der Waals surface area contributed by atoms with Crippen LogP contribution in [0, 0.1) is 0 Å². The van der Waals surface area contributed by atoms with Crippen molar-refractivity contribution in [1.29, 1.82) is 0 Å². The summed E-state index contributed by atoms with van der Waals surface area (Å²) in [4.78, 5) is 32.8. The third-order valence-corrected chi connectivity index (χ3v) is 6.47. The quantitative estimate of drug-likeness (QED) is 0.254. The Hall–Kier alpha value is -4.54. The number of aromatic nitrogens is 2. The first-order valence-corrected chi connectivity index (χ1v) is 13.0. The van der Waals surface area contributed by atoms with Gasteiger partial charge in [0.15, 0.2) is 0 Å². The molecule has 0 aliphatic rings. The summed E-state index contributed by atoms with van der Waals surface area (Å²) in [5.41, 5.74) is 2.44. The second-order valence-electron chi connectivity index (χ2n) is 8.90. The Kier molecular flexibility index (Phi) is 9.83. The highest BCUT2D eigenvalue weighted by Crippen LogP contribution is 2.30. The molecule has 3 aromatic carbocycles. The van der Waals surface area contributed by atoms with Crippen molar-refractivity contribution in [2.75, 3.05) is 53.5 Å². The summed E-state index contributed by atoms with van der Waals surface area (Å²) in [6.45, 7) is 0.226. The molecule has 0 radical (unpaired) electrons. The third-order valence-electron chi connectivity index (χ3n) is 6.22. The number of halogens is 1. The van der Waals surface area contributed by atoms with Crippen molar-refractivity contribution >= 4 is 29.4 Å². The average Bonchev–Trinajstić information content (AvgIpc) is 3.42. The SMILES string of the molecule is COCCN(CC(=O)Nc1nc(-c2ccc(Cl)cc2)cn1-c1cc(OC)cc(OC)c1)C(=O)c1cccc(OC)c1. The highest BCUT2D eigenvalue weighted by Gasteiger charge is 2.22. The number of carbonyl (C=O) groups is 2. The Morgan fingerprint density at radius 1 is 0.902 bits per heavy atom. The number of nitrogens with one attached hydrogen (secondary N) is 1. The van der Waals surface area contributed by atoms with Crippen LogP contribution < -0.4 is 19.5 Å². The molecule has 4 rings (SSSR count). The predicted molar refractivity (Wildman–Crippen MR) is 157 cm³/mol. The van der Waals surface area contributed by atoms with Gasteiger partial charge >= 0.3 is 0 Å². The third kappa shape index (κ3) is 7.36. The van der Waals surface area contributed by atoms with Crippen molar-refractivity contribution in [1.82, 2.24) is 14.5 Å². The normalized spacial score (nSPS) is 10.7. The molecule has 0 fully saturated rings. The van der Waals surface area contributed by atoms with Gasteiger partial charge in [-0.15, -0.1) is 0 Å². The molecule has 0 bridgehead atoms. The van der Waals surface area contributed by atoms with Crippen molar-refractivity contribution < 1.29 is 28.5 Å². The van der Waals surface area contributed by atoms with E-state index in [0.717, 1.165) is 5.56 Å². The minimum absolute atomic E-state index is 0.206. The molecule has 10 nitrogen and oxygen atoms in total. The largest absolute Gasteiger partial charge is 0.497 e. The smallest absolute Gasteiger partial charge is 0.254 e. The molecule has 0 atom stereocenters. The van der Waals surface area contributed by atoms with Crippen LogP contribution in [0.5, 0.6) is 17.2 Å². The van der Waals surface area contributed by atoms with E-state index in [4.69, 9.17) is 35.5 Å². The molecule has 2 amide bonds. The van der Waals surface area contributed by atoms with E-state index in [2.05, 4.69) is 5.32 Å². The fourth-order valence-electron chi connectivity index (χ4n) is 4.09. The molecular formula is C30H31ClN4O6. The number of nitrogens with zero attached hydrogens (tertiary/aromatic N) is 3. The van der Waals surface area contributed by atoms with Gasteiger partial charge in [0.05, 0.1) is 39.3 Å². The van der Waals surface area contributed by atoms with Crippen molar-refractivity contribution in [3.8, 4) is 34.2 Å². The fourth-order valence-corrected chi connectivity index (χ4v) is 4.21. The molecule has 0 aliphatic heterocycles. The molecule has 0 saturated carbocycles. The van der Waals surface area contributed by atoms with E-state index < -0.39 is 5.91 Å². The summed E-state index contributed by atoms with van der Waals surface area (Å²) >= 11 is 6.08. The summed E-state index contributed by atoms with van der Waals surface area (Å²) < 4.78 is 23.0. The lowest BCUT2D eigenvalue weighted by Gasteiger charge is -2.22. The minimum Gasteiger partial charge on any atom is -0.497 e. The summed E-state index contributed by atoms with van der Waals surface area (Å²) in [7, 11) is 6.17. The van der Waals surface area contributed by atoms with Crippen LogP contribution in [0.25, 0.3) is 16.9 Å². The van der Waals surface area contributed by atoms with Crippen LogP contribution in [0.4, 0.5) is 5.95 Å². The summed E-state index contributed by atoms with van der Waals surface area (Å²) in [5, 5.41) is 3.46. The summed E-state index contributed by atoms with van der Waals surface area (Å²) in [5.74, 6) is 1.13. The van der Waals surface area contributed by atoms with Gasteiger partial charge in [0.1, 0.15) is 23.8 Å². The van der Waals surface area contributed by atoms with Crippen molar-refractivity contribution in [2.45, 2.75) is 0 Å². The Bertz CT molecular complexity index is 1480. The van der Waals surface area contributed by atoms with E-state index in [1.807, 2.05) is 12.1 Å². The second-order valence-corrected chi connectivity index (χ2v) is 9.33. The van der Waals surface area contributed by atoms with Crippen LogP contribution in [0.15, 0.2) is 72.9 Å². The van der Waals surface area contributed by atoms with E-state index >= 15 is 0 Å². The molecule has 0 aliphatic carbocycles. The molecular weight excluding hydrogens is 548 g/mol. The molecule has 0 unspecified atom stereocenters. The predicted octanol–water partition coefficient (Wildman–Crippen LogP) is 4.95. The van der Waals surface area contributed by atoms with Crippen LogP contribution in [-0.2, 0) is 9.53 Å². The number of benzene rings is 3. The molecule has 1 aromatic heterocycles. The first kappa shape index (κ1) is 29.4. The van der Waals surface area contributed by atoms with E-state index in [1.54, 1.807) is 79.6 Å². The number of hydrogen-bond donors (Lipinski definition) is 1. The van der Waals surface area contributed by atoms with Crippen LogP contribution in [-0.4, -0.2) is 74.4 Å². The molecule has 4 aromatic rings. The number of imidazole rings is 1. The number of carbonyl (C=O) groups excluding carboxylic acids is 2. The van der Waals surface area contributed by atoms with Crippen LogP contribution >= 0.6 is 11.6 Å². The summed E-state index contributed by atoms with van der Waals surface area (Å²) in [6, 6.07) is 19.3. The zero-order valence-electron chi connectivity index (χ0n) is 23.2. The zero-order valence-corrected chi connectivity index (χ0v) is 24.0. The van der Waals surface area contributed by atoms with E-state index in [1.165, 1.54) is 19.1 Å². The van der Waals surface area contributed by atoms with Gasteiger partial charge in [0.2, 0.25) is 11.9 Å². The van der Waals surface area contributed by atoms with E-state index in [9.17, 15) is 9.59 Å². The van der Waals surface area contributed by atoms with Crippen LogP contribution in [0.1, 0.15) is 10.4 Å². The van der Waals surface area contributed by atoms with Gasteiger partial charge in [-0.1, -0.05) is 29.8 Å². The van der Waals surface area contributed by atoms with Crippen molar-refractivity contribution in [2.24, 2.45) is 0 Å². The van der Waals surface area contributed by atoms with E-state index in [0.29, 0.717) is 39.2 Å². The number of amides is 2. The standard InChI is InChI=1S/C30H31ClN4O6/c1-38-13-12-34(29(37)21-6-5-7-24(14-21)39-2)19-28(36)33-30-32-27(20-8-10-22(31)11-9-20)18-35(30)23-15-25(40-3)17-26(16-23)41-4/h5-11,14-18H,12-13,19H2,1-4H3,(H,32,33,36). The monoisotopic (exact) mass is 578 g/mol. The maximum Gasteiger partial charge on any atom is 0.254 e. The average molecular weight is 579 g/mol. The van der Waals surface area contributed by atoms with Crippen molar-refractivity contribution in [3.63, 3.8) is 0 Å². The molecule has 1 N–H and O–H groups in total. The molecule has 41 heavy (non-hydrogen) atoms. The highest BCUT2D eigenvalue weighted by molar-refractivity contribution is 6.30. The Balaban J connectivity index is 1.66. The molecule has 1 heterocycles. The van der Waals surface area contributed by atoms with Gasteiger partial charge in [-0.3, -0.25) is 19.5 Å². The van der Waals surface area contributed by atoms with E-state index in [-0.39, 0.29) is 31.6 Å². The number of rotatable bonds is 12. The lowest BCUT2D eigenvalue weighted by Crippen LogP contribution is -2.40. The number of anilines is 1. The van der Waals surface area contributed by atoms with Gasteiger partial charge in [0.25, 0.3) is 5.91 Å². The molecule has 11 heteroatoms. The summed E-state index contributed by atoms with van der Waals surface area (Å²) in [6.07, 6.45) is 1.79. The molecule has 0 saturated heterocycles.